The second kappa shape index (κ2) is 4.60. The van der Waals surface area contributed by atoms with Gasteiger partial charge in [0.2, 0.25) is 0 Å². The molecule has 2 nitrogen and oxygen atoms in total. The number of rotatable bonds is 4. The van der Waals surface area contributed by atoms with Crippen LogP contribution >= 0.6 is 22.9 Å². The fourth-order valence-corrected chi connectivity index (χ4v) is 2.93. The molecule has 1 aromatic heterocycles. The van der Waals surface area contributed by atoms with Crippen LogP contribution in [0.5, 0.6) is 0 Å². The van der Waals surface area contributed by atoms with Crippen molar-refractivity contribution in [3.8, 4) is 0 Å². The summed E-state index contributed by atoms with van der Waals surface area (Å²) in [6.45, 7) is 0.865. The molecule has 2 rings (SSSR count). The predicted molar refractivity (Wildman–Crippen MR) is 60.9 cm³/mol. The average molecular weight is 231 g/mol. The van der Waals surface area contributed by atoms with Gasteiger partial charge in [0, 0.05) is 29.5 Å². The number of hydrogen-bond acceptors (Lipinski definition) is 3. The molecule has 4 heteroatoms. The van der Waals surface area contributed by atoms with Crippen LogP contribution in [0.15, 0.2) is 11.6 Å². The van der Waals surface area contributed by atoms with Crippen LogP contribution < -0.4 is 5.32 Å². The van der Waals surface area contributed by atoms with Crippen LogP contribution in [0.1, 0.15) is 30.7 Å². The van der Waals surface area contributed by atoms with Crippen molar-refractivity contribution in [2.75, 3.05) is 5.88 Å². The smallest absolute Gasteiger partial charge is 0.106 e. The lowest BCUT2D eigenvalue weighted by Gasteiger charge is -2.27. The molecule has 0 atom stereocenters. The minimum atomic E-state index is 0.188. The number of hydrogen-bond donors (Lipinski definition) is 1. The Bertz CT molecular complexity index is 268. The molecule has 1 aliphatic carbocycles. The summed E-state index contributed by atoms with van der Waals surface area (Å²) in [5.41, 5.74) is 0.188. The quantitative estimate of drug-likeness (QED) is 0.805. The minimum absolute atomic E-state index is 0.188. The van der Waals surface area contributed by atoms with Crippen molar-refractivity contribution in [3.05, 3.63) is 16.6 Å². The van der Waals surface area contributed by atoms with Crippen LogP contribution in [0.2, 0.25) is 0 Å². The highest BCUT2D eigenvalue weighted by Gasteiger charge is 2.32. The zero-order valence-electron chi connectivity index (χ0n) is 8.13. The van der Waals surface area contributed by atoms with Gasteiger partial charge >= 0.3 is 0 Å². The normalized spacial score (nSPS) is 20.1. The van der Waals surface area contributed by atoms with Crippen LogP contribution in [0.3, 0.4) is 0 Å². The maximum absolute atomic E-state index is 6.03. The topological polar surface area (TPSA) is 24.9 Å². The molecule has 1 aliphatic rings. The van der Waals surface area contributed by atoms with Crippen molar-refractivity contribution in [2.24, 2.45) is 0 Å². The second-order valence-corrected chi connectivity index (χ2v) is 5.15. The number of thiazole rings is 1. The van der Waals surface area contributed by atoms with Crippen molar-refractivity contribution in [3.63, 3.8) is 0 Å². The number of halogens is 1. The summed E-state index contributed by atoms with van der Waals surface area (Å²) >= 11 is 7.72. The molecule has 0 bridgehead atoms. The molecular formula is C10H15ClN2S. The Hall–Kier alpha value is -0.120. The van der Waals surface area contributed by atoms with Crippen LogP contribution in [0.25, 0.3) is 0 Å². The van der Waals surface area contributed by atoms with Gasteiger partial charge in [0.25, 0.3) is 0 Å². The molecule has 0 aromatic carbocycles. The van der Waals surface area contributed by atoms with Crippen molar-refractivity contribution < 1.29 is 0 Å². The van der Waals surface area contributed by atoms with Crippen LogP contribution in [0, 0.1) is 0 Å². The maximum Gasteiger partial charge on any atom is 0.106 e. The van der Waals surface area contributed by atoms with E-state index >= 15 is 0 Å². The van der Waals surface area contributed by atoms with Gasteiger partial charge in [-0.25, -0.2) is 4.98 Å². The van der Waals surface area contributed by atoms with Crippen LogP contribution in [-0.2, 0) is 6.54 Å². The fraction of sp³-hybridized carbons (Fsp3) is 0.700. The van der Waals surface area contributed by atoms with E-state index in [9.17, 15) is 0 Å². The van der Waals surface area contributed by atoms with Crippen molar-refractivity contribution in [1.29, 1.82) is 0 Å². The summed E-state index contributed by atoms with van der Waals surface area (Å²) in [4.78, 5) is 4.26. The Balaban J connectivity index is 1.89. The second-order valence-electron chi connectivity index (χ2n) is 3.90. The zero-order chi connectivity index (χ0) is 9.86. The molecule has 1 heterocycles. The first-order chi connectivity index (χ1) is 6.85. The van der Waals surface area contributed by atoms with E-state index in [1.165, 1.54) is 25.7 Å². The molecule has 0 radical (unpaired) electrons. The highest BCUT2D eigenvalue weighted by atomic mass is 35.5. The van der Waals surface area contributed by atoms with Gasteiger partial charge in [-0.15, -0.1) is 22.9 Å². The van der Waals surface area contributed by atoms with Crippen molar-refractivity contribution in [1.82, 2.24) is 10.3 Å². The molecule has 0 aliphatic heterocycles. The number of alkyl halides is 1. The largest absolute Gasteiger partial charge is 0.304 e. The molecule has 1 fully saturated rings. The highest BCUT2D eigenvalue weighted by Crippen LogP contribution is 2.31. The third-order valence-electron chi connectivity index (χ3n) is 2.91. The van der Waals surface area contributed by atoms with Gasteiger partial charge in [-0.1, -0.05) is 12.8 Å². The molecular weight excluding hydrogens is 216 g/mol. The van der Waals surface area contributed by atoms with E-state index in [4.69, 9.17) is 11.6 Å². The van der Waals surface area contributed by atoms with Gasteiger partial charge in [0.1, 0.15) is 5.01 Å². The lowest BCUT2D eigenvalue weighted by molar-refractivity contribution is 0.367. The van der Waals surface area contributed by atoms with Crippen molar-refractivity contribution >= 4 is 22.9 Å². The highest BCUT2D eigenvalue weighted by molar-refractivity contribution is 7.09. The molecule has 0 saturated heterocycles. The van der Waals surface area contributed by atoms with Crippen LogP contribution in [0.4, 0.5) is 0 Å². The third-order valence-corrected chi connectivity index (χ3v) is 4.21. The van der Waals surface area contributed by atoms with E-state index in [0.29, 0.717) is 0 Å². The molecule has 0 spiro atoms. The number of nitrogens with one attached hydrogen (secondary N) is 1. The molecule has 0 amide bonds. The average Bonchev–Trinajstić information content (AvgIpc) is 2.87. The maximum atomic E-state index is 6.03. The molecule has 78 valence electrons. The minimum Gasteiger partial charge on any atom is -0.304 e. The lowest BCUT2D eigenvalue weighted by Crippen LogP contribution is -2.43. The third kappa shape index (κ3) is 2.27. The fourth-order valence-electron chi connectivity index (χ4n) is 2.01. The summed E-state index contributed by atoms with van der Waals surface area (Å²) in [6.07, 6.45) is 6.88. The standard InChI is InChI=1S/C10H15ClN2S/c11-8-10(3-1-2-4-10)13-7-9-12-5-6-14-9/h5-6,13H,1-4,7-8H2. The summed E-state index contributed by atoms with van der Waals surface area (Å²) in [6, 6.07) is 0. The van der Waals surface area contributed by atoms with Gasteiger partial charge in [-0.3, -0.25) is 0 Å². The van der Waals surface area contributed by atoms with Gasteiger partial charge in [-0.2, -0.15) is 0 Å². The van der Waals surface area contributed by atoms with E-state index in [2.05, 4.69) is 10.3 Å². The number of nitrogens with zero attached hydrogens (tertiary/aromatic N) is 1. The van der Waals surface area contributed by atoms with Gasteiger partial charge in [0.05, 0.1) is 0 Å². The molecule has 14 heavy (non-hydrogen) atoms. The molecule has 1 N–H and O–H groups in total. The first kappa shape index (κ1) is 10.4. The molecule has 1 saturated carbocycles. The SMILES string of the molecule is ClCC1(NCc2nccs2)CCCC1. The number of aromatic nitrogens is 1. The monoisotopic (exact) mass is 230 g/mol. The summed E-state index contributed by atoms with van der Waals surface area (Å²) in [5.74, 6) is 0.721. The van der Waals surface area contributed by atoms with Gasteiger partial charge in [0.15, 0.2) is 0 Å². The van der Waals surface area contributed by atoms with E-state index in [-0.39, 0.29) is 5.54 Å². The van der Waals surface area contributed by atoms with Gasteiger partial charge < -0.3 is 5.32 Å². The lowest BCUT2D eigenvalue weighted by atomic mass is 10.0. The Kier molecular flexibility index (Phi) is 3.42. The van der Waals surface area contributed by atoms with E-state index in [1.807, 2.05) is 11.6 Å². The molecule has 0 unspecified atom stereocenters. The zero-order valence-corrected chi connectivity index (χ0v) is 9.70. The van der Waals surface area contributed by atoms with Gasteiger partial charge in [-0.05, 0) is 12.8 Å². The Labute approximate surface area is 93.7 Å². The first-order valence-corrected chi connectivity index (χ1v) is 6.45. The Morgan fingerprint density at radius 3 is 2.86 bits per heavy atom. The van der Waals surface area contributed by atoms with Crippen molar-refractivity contribution in [2.45, 2.75) is 37.8 Å². The summed E-state index contributed by atoms with van der Waals surface area (Å²) in [7, 11) is 0. The van der Waals surface area contributed by atoms with E-state index in [1.54, 1.807) is 11.3 Å². The Morgan fingerprint density at radius 2 is 2.29 bits per heavy atom. The van der Waals surface area contributed by atoms with Crippen LogP contribution in [-0.4, -0.2) is 16.4 Å². The van der Waals surface area contributed by atoms with E-state index < -0.39 is 0 Å². The Morgan fingerprint density at radius 1 is 1.50 bits per heavy atom. The van der Waals surface area contributed by atoms with E-state index in [0.717, 1.165) is 17.4 Å². The first-order valence-electron chi connectivity index (χ1n) is 5.04. The summed E-state index contributed by atoms with van der Waals surface area (Å²) in [5, 5.41) is 6.73. The summed E-state index contributed by atoms with van der Waals surface area (Å²) < 4.78 is 0. The predicted octanol–water partition coefficient (Wildman–Crippen LogP) is 2.78. The molecule has 1 aromatic rings.